The number of hydrogen-bond donors (Lipinski definition) is 0. The summed E-state index contributed by atoms with van der Waals surface area (Å²) < 4.78 is 2.28. The summed E-state index contributed by atoms with van der Waals surface area (Å²) in [4.78, 5) is 0. The number of nitrogens with zero attached hydrogens (tertiary/aromatic N) is 1. The van der Waals surface area contributed by atoms with Crippen LogP contribution >= 0.6 is 0 Å². The summed E-state index contributed by atoms with van der Waals surface area (Å²) >= 11 is 0. The number of benzene rings is 2. The molecule has 0 N–H and O–H groups in total. The van der Waals surface area contributed by atoms with Gasteiger partial charge in [0.2, 0.25) is 5.69 Å². The molecule has 0 aliphatic heterocycles. The first kappa shape index (κ1) is 17.0. The van der Waals surface area contributed by atoms with E-state index in [1.165, 1.54) is 55.4 Å². The molecule has 132 valence electrons. The van der Waals surface area contributed by atoms with E-state index in [2.05, 4.69) is 95.8 Å². The quantitative estimate of drug-likeness (QED) is 0.386. The number of rotatable bonds is 1. The molecule has 0 saturated heterocycles. The molecule has 4 rings (SSSR count). The zero-order chi connectivity index (χ0) is 18.8. The summed E-state index contributed by atoms with van der Waals surface area (Å²) in [6, 6.07) is 11.6. The van der Waals surface area contributed by atoms with Gasteiger partial charge in [-0.1, -0.05) is 50.6 Å². The highest BCUT2D eigenvalue weighted by Crippen LogP contribution is 2.41. The molecule has 1 heteroatoms. The lowest BCUT2D eigenvalue weighted by molar-refractivity contribution is -0.672. The lowest BCUT2D eigenvalue weighted by Gasteiger charge is -2.20. The molecule has 26 heavy (non-hydrogen) atoms. The molecule has 0 saturated carbocycles. The molecule has 3 aromatic rings. The van der Waals surface area contributed by atoms with Gasteiger partial charge in [0, 0.05) is 6.07 Å². The first-order valence-electron chi connectivity index (χ1n) is 9.44. The summed E-state index contributed by atoms with van der Waals surface area (Å²) in [5.41, 5.74) is 11.0. The van der Waals surface area contributed by atoms with Crippen molar-refractivity contribution in [2.45, 2.75) is 47.0 Å². The predicted molar refractivity (Wildman–Crippen MR) is 111 cm³/mol. The number of aryl methyl sites for hydroxylation is 3. The van der Waals surface area contributed by atoms with Gasteiger partial charge in [0.25, 0.3) is 0 Å². The van der Waals surface area contributed by atoms with Crippen LogP contribution in [0.1, 0.15) is 59.8 Å². The Hall–Kier alpha value is -2.41. The average molecular weight is 343 g/mol. The van der Waals surface area contributed by atoms with E-state index in [1.807, 2.05) is 0 Å². The molecular formula is C25H28N+. The van der Waals surface area contributed by atoms with Gasteiger partial charge in [-0.05, 0) is 65.5 Å². The van der Waals surface area contributed by atoms with E-state index < -0.39 is 0 Å². The Morgan fingerprint density at radius 3 is 2.35 bits per heavy atom. The van der Waals surface area contributed by atoms with Crippen LogP contribution in [0, 0.1) is 20.8 Å². The number of aromatic nitrogens is 1. The van der Waals surface area contributed by atoms with Gasteiger partial charge in [-0.3, -0.25) is 0 Å². The Kier molecular flexibility index (Phi) is 3.63. The zero-order valence-corrected chi connectivity index (χ0v) is 17.0. The third-order valence-electron chi connectivity index (χ3n) is 5.79. The van der Waals surface area contributed by atoms with Gasteiger partial charge in [-0.2, -0.15) is 0 Å². The molecule has 1 nitrogen and oxygen atoms in total. The molecule has 0 fully saturated rings. The van der Waals surface area contributed by atoms with Crippen LogP contribution in [-0.2, 0) is 12.5 Å². The molecule has 2 aromatic carbocycles. The highest BCUT2D eigenvalue weighted by molar-refractivity contribution is 6.11. The Morgan fingerprint density at radius 1 is 0.923 bits per heavy atom. The number of hydrogen-bond acceptors (Lipinski definition) is 0. The summed E-state index contributed by atoms with van der Waals surface area (Å²) in [6.07, 6.45) is 4.60. The zero-order valence-electron chi connectivity index (χ0n) is 17.0. The van der Waals surface area contributed by atoms with Crippen LogP contribution < -0.4 is 4.57 Å². The summed E-state index contributed by atoms with van der Waals surface area (Å²) in [5.74, 6) is 0. The third-order valence-corrected chi connectivity index (χ3v) is 5.79. The highest BCUT2D eigenvalue weighted by atomic mass is 14.9. The highest BCUT2D eigenvalue weighted by Gasteiger charge is 2.29. The first-order chi connectivity index (χ1) is 12.2. The lowest BCUT2D eigenvalue weighted by atomic mass is 9.85. The van der Waals surface area contributed by atoms with E-state index in [4.69, 9.17) is 0 Å². The second-order valence-corrected chi connectivity index (χ2v) is 8.87. The molecule has 1 aromatic heterocycles. The molecule has 1 aliphatic carbocycles. The van der Waals surface area contributed by atoms with Gasteiger partial charge in [0.1, 0.15) is 7.05 Å². The molecule has 0 bridgehead atoms. The maximum absolute atomic E-state index is 2.40. The molecular weight excluding hydrogens is 314 g/mol. The predicted octanol–water partition coefficient (Wildman–Crippen LogP) is 5.79. The van der Waals surface area contributed by atoms with Gasteiger partial charge in [0.15, 0.2) is 6.20 Å². The fourth-order valence-electron chi connectivity index (χ4n) is 4.16. The Balaban J connectivity index is 2.06. The minimum Gasteiger partial charge on any atom is -0.200 e. The van der Waals surface area contributed by atoms with Crippen molar-refractivity contribution in [1.82, 2.24) is 0 Å². The first-order valence-corrected chi connectivity index (χ1v) is 9.44. The van der Waals surface area contributed by atoms with E-state index in [-0.39, 0.29) is 5.41 Å². The summed E-state index contributed by atoms with van der Waals surface area (Å²) in [6.45, 7) is 13.5. The monoisotopic (exact) mass is 342 g/mol. The fraction of sp³-hybridized carbons (Fsp3) is 0.320. The van der Waals surface area contributed by atoms with Crippen molar-refractivity contribution in [3.8, 4) is 0 Å². The second kappa shape index (κ2) is 5.54. The van der Waals surface area contributed by atoms with E-state index in [1.54, 1.807) is 0 Å². The Labute approximate surface area is 157 Å². The molecule has 0 radical (unpaired) electrons. The molecule has 0 spiro atoms. The Morgan fingerprint density at radius 2 is 1.65 bits per heavy atom. The van der Waals surface area contributed by atoms with E-state index in [0.29, 0.717) is 0 Å². The summed E-state index contributed by atoms with van der Waals surface area (Å²) in [5, 5.41) is 2.73. The fourth-order valence-corrected chi connectivity index (χ4v) is 4.16. The molecule has 1 heterocycles. The minimum atomic E-state index is 0.148. The van der Waals surface area contributed by atoms with Gasteiger partial charge in [-0.25, -0.2) is 4.57 Å². The normalized spacial score (nSPS) is 13.4. The van der Waals surface area contributed by atoms with E-state index in [0.717, 1.165) is 0 Å². The standard InChI is InChI=1S/C25H28N/c1-15-10-16(2)17(3)21(11-15)22-14-19-13-20(25(4,5)6)12-18-8-9-26(7)24(22)23(18)19/h8-14H,1-7H3/q+1. The van der Waals surface area contributed by atoms with Crippen molar-refractivity contribution >= 4 is 22.4 Å². The summed E-state index contributed by atoms with van der Waals surface area (Å²) in [7, 11) is 2.16. The van der Waals surface area contributed by atoms with Gasteiger partial charge >= 0.3 is 0 Å². The molecule has 0 atom stereocenters. The van der Waals surface area contributed by atoms with Gasteiger partial charge in [0.05, 0.1) is 11.0 Å². The van der Waals surface area contributed by atoms with Crippen LogP contribution in [-0.4, -0.2) is 0 Å². The van der Waals surface area contributed by atoms with Gasteiger partial charge in [-0.15, -0.1) is 0 Å². The topological polar surface area (TPSA) is 3.88 Å². The minimum absolute atomic E-state index is 0.148. The van der Waals surface area contributed by atoms with E-state index >= 15 is 0 Å². The SMILES string of the molecule is Cc1cc(C)c(C)c(C2=Cc3cc(C(C)(C)C)cc4cc[n+](C)c2c34)c1. The Bertz CT molecular complexity index is 1090. The van der Waals surface area contributed by atoms with Crippen LogP contribution in [0.25, 0.3) is 22.4 Å². The van der Waals surface area contributed by atoms with Crippen molar-refractivity contribution in [1.29, 1.82) is 0 Å². The van der Waals surface area contributed by atoms with Crippen molar-refractivity contribution in [2.75, 3.05) is 0 Å². The lowest BCUT2D eigenvalue weighted by Crippen LogP contribution is -2.32. The maximum Gasteiger partial charge on any atom is 0.221 e. The molecule has 0 unspecified atom stereocenters. The van der Waals surface area contributed by atoms with Crippen molar-refractivity contribution in [3.63, 3.8) is 0 Å². The number of pyridine rings is 1. The van der Waals surface area contributed by atoms with Crippen molar-refractivity contribution in [2.24, 2.45) is 7.05 Å². The second-order valence-electron chi connectivity index (χ2n) is 8.87. The van der Waals surface area contributed by atoms with Crippen molar-refractivity contribution in [3.05, 3.63) is 75.6 Å². The molecule has 0 amide bonds. The van der Waals surface area contributed by atoms with Crippen LogP contribution in [0.15, 0.2) is 36.5 Å². The average Bonchev–Trinajstić information content (AvgIpc) is 2.94. The molecule has 1 aliphatic rings. The van der Waals surface area contributed by atoms with Crippen LogP contribution in [0.4, 0.5) is 0 Å². The van der Waals surface area contributed by atoms with Crippen LogP contribution in [0.5, 0.6) is 0 Å². The largest absolute Gasteiger partial charge is 0.221 e. The van der Waals surface area contributed by atoms with E-state index in [9.17, 15) is 0 Å². The maximum atomic E-state index is 2.40. The van der Waals surface area contributed by atoms with Gasteiger partial charge < -0.3 is 0 Å². The smallest absolute Gasteiger partial charge is 0.200 e. The van der Waals surface area contributed by atoms with Crippen LogP contribution in [0.3, 0.4) is 0 Å². The van der Waals surface area contributed by atoms with Crippen LogP contribution in [0.2, 0.25) is 0 Å². The third kappa shape index (κ3) is 2.49. The van der Waals surface area contributed by atoms with Crippen molar-refractivity contribution < 1.29 is 4.57 Å².